The van der Waals surface area contributed by atoms with Gasteiger partial charge in [-0.05, 0) is 37.4 Å². The maximum atomic E-state index is 10.8. The maximum Gasteiger partial charge on any atom is 0.320 e. The quantitative estimate of drug-likeness (QED) is 0.791. The Labute approximate surface area is 107 Å². The van der Waals surface area contributed by atoms with E-state index in [0.29, 0.717) is 6.54 Å². The second-order valence-corrected chi connectivity index (χ2v) is 5.34. The highest BCUT2D eigenvalue weighted by Gasteiger charge is 2.16. The van der Waals surface area contributed by atoms with Gasteiger partial charge in [0.05, 0.1) is 0 Å². The molecule has 3 nitrogen and oxygen atoms in total. The number of likely N-dealkylation sites (N-methyl/N-ethyl adjacent to an activating group) is 1. The van der Waals surface area contributed by atoms with Crippen molar-refractivity contribution in [2.45, 2.75) is 31.3 Å². The summed E-state index contributed by atoms with van der Waals surface area (Å²) in [6.45, 7) is 4.48. The SMILES string of the molecule is CCSc1ccc(CN(C)C(C)C(=O)O)cc1. The van der Waals surface area contributed by atoms with Crippen LogP contribution < -0.4 is 0 Å². The number of nitrogens with zero attached hydrogens (tertiary/aromatic N) is 1. The Morgan fingerprint density at radius 2 is 2.00 bits per heavy atom. The number of carbonyl (C=O) groups is 1. The molecule has 0 heterocycles. The molecule has 0 fully saturated rings. The average molecular weight is 253 g/mol. The number of carboxylic acid groups (broad SMARTS) is 1. The largest absolute Gasteiger partial charge is 0.480 e. The van der Waals surface area contributed by atoms with Gasteiger partial charge in [0, 0.05) is 11.4 Å². The third kappa shape index (κ3) is 4.40. The van der Waals surface area contributed by atoms with Crippen LogP contribution >= 0.6 is 11.8 Å². The van der Waals surface area contributed by atoms with Crippen LogP contribution in [0.2, 0.25) is 0 Å². The second-order valence-electron chi connectivity index (χ2n) is 4.01. The van der Waals surface area contributed by atoms with Crippen molar-refractivity contribution in [3.8, 4) is 0 Å². The maximum absolute atomic E-state index is 10.8. The van der Waals surface area contributed by atoms with Crippen LogP contribution in [0.15, 0.2) is 29.2 Å². The van der Waals surface area contributed by atoms with E-state index in [1.165, 1.54) is 4.90 Å². The Kier molecular flexibility index (Phi) is 5.51. The molecule has 1 N–H and O–H groups in total. The molecule has 0 amide bonds. The fourth-order valence-corrected chi connectivity index (χ4v) is 2.13. The number of carboxylic acids is 1. The standard InChI is InChI=1S/C13H19NO2S/c1-4-17-12-7-5-11(6-8-12)9-14(3)10(2)13(15)16/h5-8,10H,4,9H2,1-3H3,(H,15,16). The van der Waals surface area contributed by atoms with Gasteiger partial charge in [-0.1, -0.05) is 19.1 Å². The highest BCUT2D eigenvalue weighted by molar-refractivity contribution is 7.99. The van der Waals surface area contributed by atoms with Crippen LogP contribution in [0, 0.1) is 0 Å². The van der Waals surface area contributed by atoms with Crippen molar-refractivity contribution >= 4 is 17.7 Å². The topological polar surface area (TPSA) is 40.5 Å². The van der Waals surface area contributed by atoms with Crippen molar-refractivity contribution < 1.29 is 9.90 Å². The van der Waals surface area contributed by atoms with Crippen LogP contribution in [0.3, 0.4) is 0 Å². The molecular weight excluding hydrogens is 234 g/mol. The summed E-state index contributed by atoms with van der Waals surface area (Å²) in [4.78, 5) is 13.9. The van der Waals surface area contributed by atoms with E-state index < -0.39 is 12.0 Å². The lowest BCUT2D eigenvalue weighted by atomic mass is 10.2. The molecule has 0 aromatic heterocycles. The Balaban J connectivity index is 2.59. The van der Waals surface area contributed by atoms with E-state index >= 15 is 0 Å². The number of aliphatic carboxylic acids is 1. The monoisotopic (exact) mass is 253 g/mol. The zero-order valence-electron chi connectivity index (χ0n) is 10.5. The first-order chi connectivity index (χ1) is 8.04. The van der Waals surface area contributed by atoms with Crippen LogP contribution in [0.4, 0.5) is 0 Å². The third-order valence-electron chi connectivity index (χ3n) is 2.68. The van der Waals surface area contributed by atoms with Gasteiger partial charge in [0.1, 0.15) is 6.04 Å². The second kappa shape index (κ2) is 6.67. The molecule has 1 atom stereocenters. The first kappa shape index (κ1) is 14.1. The molecule has 94 valence electrons. The summed E-state index contributed by atoms with van der Waals surface area (Å²) >= 11 is 1.81. The van der Waals surface area contributed by atoms with E-state index in [9.17, 15) is 4.79 Å². The van der Waals surface area contributed by atoms with Gasteiger partial charge in [-0.2, -0.15) is 0 Å². The zero-order valence-corrected chi connectivity index (χ0v) is 11.3. The van der Waals surface area contributed by atoms with E-state index in [2.05, 4.69) is 31.2 Å². The highest BCUT2D eigenvalue weighted by atomic mass is 32.2. The molecule has 0 bridgehead atoms. The van der Waals surface area contributed by atoms with E-state index in [-0.39, 0.29) is 0 Å². The highest BCUT2D eigenvalue weighted by Crippen LogP contribution is 2.18. The van der Waals surface area contributed by atoms with Gasteiger partial charge in [-0.15, -0.1) is 11.8 Å². The van der Waals surface area contributed by atoms with Gasteiger partial charge in [0.15, 0.2) is 0 Å². The van der Waals surface area contributed by atoms with Crippen LogP contribution in [-0.4, -0.2) is 34.8 Å². The third-order valence-corrected chi connectivity index (χ3v) is 3.58. The molecule has 1 aromatic rings. The summed E-state index contributed by atoms with van der Waals surface area (Å²) < 4.78 is 0. The molecule has 0 spiro atoms. The zero-order chi connectivity index (χ0) is 12.8. The number of hydrogen-bond donors (Lipinski definition) is 1. The lowest BCUT2D eigenvalue weighted by Crippen LogP contribution is -2.35. The molecule has 4 heteroatoms. The van der Waals surface area contributed by atoms with E-state index in [1.54, 1.807) is 18.7 Å². The van der Waals surface area contributed by atoms with Gasteiger partial charge >= 0.3 is 5.97 Å². The van der Waals surface area contributed by atoms with Crippen LogP contribution in [0.25, 0.3) is 0 Å². The fraction of sp³-hybridized carbons (Fsp3) is 0.462. The first-order valence-corrected chi connectivity index (χ1v) is 6.68. The molecule has 1 unspecified atom stereocenters. The summed E-state index contributed by atoms with van der Waals surface area (Å²) in [5.74, 6) is 0.278. The molecule has 1 rings (SSSR count). The molecule has 0 aliphatic rings. The van der Waals surface area contributed by atoms with Gasteiger partial charge in [-0.3, -0.25) is 9.69 Å². The van der Waals surface area contributed by atoms with E-state index in [1.807, 2.05) is 11.9 Å². The van der Waals surface area contributed by atoms with Gasteiger partial charge in [0.2, 0.25) is 0 Å². The van der Waals surface area contributed by atoms with Crippen molar-refractivity contribution in [1.29, 1.82) is 0 Å². The summed E-state index contributed by atoms with van der Waals surface area (Å²) in [7, 11) is 1.83. The van der Waals surface area contributed by atoms with Gasteiger partial charge < -0.3 is 5.11 Å². The Morgan fingerprint density at radius 3 is 2.47 bits per heavy atom. The summed E-state index contributed by atoms with van der Waals surface area (Å²) in [6.07, 6.45) is 0. The molecule has 1 aromatic carbocycles. The van der Waals surface area contributed by atoms with Crippen LogP contribution in [0.1, 0.15) is 19.4 Å². The first-order valence-electron chi connectivity index (χ1n) is 5.69. The summed E-state index contributed by atoms with van der Waals surface area (Å²) in [5.41, 5.74) is 1.14. The van der Waals surface area contributed by atoms with Crippen molar-refractivity contribution in [3.63, 3.8) is 0 Å². The smallest absolute Gasteiger partial charge is 0.320 e. The van der Waals surface area contributed by atoms with Gasteiger partial charge in [-0.25, -0.2) is 0 Å². The van der Waals surface area contributed by atoms with Crippen molar-refractivity contribution in [2.75, 3.05) is 12.8 Å². The molecule has 0 saturated carbocycles. The van der Waals surface area contributed by atoms with Crippen LogP contribution in [-0.2, 0) is 11.3 Å². The Morgan fingerprint density at radius 1 is 1.41 bits per heavy atom. The normalized spacial score (nSPS) is 12.7. The molecule has 0 radical (unpaired) electrons. The lowest BCUT2D eigenvalue weighted by molar-refractivity contribution is -0.142. The molecule has 0 aliphatic carbocycles. The van der Waals surface area contributed by atoms with Crippen LogP contribution in [0.5, 0.6) is 0 Å². The average Bonchev–Trinajstić information content (AvgIpc) is 2.30. The number of hydrogen-bond acceptors (Lipinski definition) is 3. The summed E-state index contributed by atoms with van der Waals surface area (Å²) in [6, 6.07) is 7.83. The molecule has 0 aliphatic heterocycles. The van der Waals surface area contributed by atoms with Crippen molar-refractivity contribution in [2.24, 2.45) is 0 Å². The molecule has 0 saturated heterocycles. The van der Waals surface area contributed by atoms with E-state index in [4.69, 9.17) is 5.11 Å². The molecule has 17 heavy (non-hydrogen) atoms. The predicted octanol–water partition coefficient (Wildman–Crippen LogP) is 2.70. The predicted molar refractivity (Wildman–Crippen MR) is 71.4 cm³/mol. The Hall–Kier alpha value is -1.00. The fourth-order valence-electron chi connectivity index (χ4n) is 1.47. The number of rotatable bonds is 6. The van der Waals surface area contributed by atoms with Crippen molar-refractivity contribution in [3.05, 3.63) is 29.8 Å². The van der Waals surface area contributed by atoms with Gasteiger partial charge in [0.25, 0.3) is 0 Å². The van der Waals surface area contributed by atoms with Crippen molar-refractivity contribution in [1.82, 2.24) is 4.90 Å². The number of thioether (sulfide) groups is 1. The minimum atomic E-state index is -0.786. The van der Waals surface area contributed by atoms with E-state index in [0.717, 1.165) is 11.3 Å². The molecular formula is C13H19NO2S. The number of benzene rings is 1. The summed E-state index contributed by atoms with van der Waals surface area (Å²) in [5, 5.41) is 8.90. The lowest BCUT2D eigenvalue weighted by Gasteiger charge is -2.21. The Bertz CT molecular complexity index is 364. The minimum absolute atomic E-state index is 0.459. The minimum Gasteiger partial charge on any atom is -0.480 e.